The third kappa shape index (κ3) is 3.31. The van der Waals surface area contributed by atoms with Gasteiger partial charge >= 0.3 is 0 Å². The highest BCUT2D eigenvalue weighted by Crippen LogP contribution is 2.35. The Morgan fingerprint density at radius 3 is 2.58 bits per heavy atom. The smallest absolute Gasteiger partial charge is 0.254 e. The highest BCUT2D eigenvalue weighted by Gasteiger charge is 2.32. The van der Waals surface area contributed by atoms with Crippen LogP contribution in [0.15, 0.2) is 42.5 Å². The van der Waals surface area contributed by atoms with E-state index in [1.54, 1.807) is 0 Å². The molecule has 4 rings (SSSR count). The molecule has 5 heteroatoms. The van der Waals surface area contributed by atoms with Crippen molar-refractivity contribution in [2.75, 3.05) is 37.7 Å². The second-order valence-corrected chi connectivity index (χ2v) is 6.97. The van der Waals surface area contributed by atoms with Gasteiger partial charge in [-0.15, -0.1) is 0 Å². The van der Waals surface area contributed by atoms with Crippen LogP contribution in [0.25, 0.3) is 0 Å². The van der Waals surface area contributed by atoms with Crippen LogP contribution in [0.4, 0.5) is 5.82 Å². The lowest BCUT2D eigenvalue weighted by Crippen LogP contribution is -2.37. The molecule has 2 aromatic rings. The van der Waals surface area contributed by atoms with Crippen molar-refractivity contribution in [3.63, 3.8) is 0 Å². The summed E-state index contributed by atoms with van der Waals surface area (Å²) in [6, 6.07) is 13.9. The van der Waals surface area contributed by atoms with E-state index < -0.39 is 0 Å². The average molecular weight is 351 g/mol. The fraction of sp³-hybridized carbons (Fsp3) is 0.429. The molecule has 3 heterocycles. The number of aryl methyl sites for hydroxylation is 1. The molecule has 26 heavy (non-hydrogen) atoms. The van der Waals surface area contributed by atoms with Crippen molar-refractivity contribution < 1.29 is 9.53 Å². The van der Waals surface area contributed by atoms with Gasteiger partial charge in [0.15, 0.2) is 0 Å². The molecule has 1 aromatic heterocycles. The van der Waals surface area contributed by atoms with Crippen LogP contribution in [0, 0.1) is 6.92 Å². The first-order valence-corrected chi connectivity index (χ1v) is 9.40. The molecule has 1 atom stereocenters. The third-order valence-electron chi connectivity index (χ3n) is 5.34. The fourth-order valence-electron chi connectivity index (χ4n) is 3.96. The Morgan fingerprint density at radius 1 is 1.08 bits per heavy atom. The van der Waals surface area contributed by atoms with Crippen molar-refractivity contribution in [2.24, 2.45) is 0 Å². The highest BCUT2D eigenvalue weighted by molar-refractivity contribution is 5.94. The largest absolute Gasteiger partial charge is 0.378 e. The monoisotopic (exact) mass is 351 g/mol. The van der Waals surface area contributed by atoms with Gasteiger partial charge in [-0.2, -0.15) is 0 Å². The number of carbonyl (C=O) groups is 1. The van der Waals surface area contributed by atoms with Crippen molar-refractivity contribution in [1.82, 2.24) is 9.88 Å². The summed E-state index contributed by atoms with van der Waals surface area (Å²) < 4.78 is 5.43. The Kier molecular flexibility index (Phi) is 4.89. The topological polar surface area (TPSA) is 45.7 Å². The minimum Gasteiger partial charge on any atom is -0.378 e. The Labute approximate surface area is 154 Å². The number of amides is 1. The quantitative estimate of drug-likeness (QED) is 0.852. The van der Waals surface area contributed by atoms with E-state index >= 15 is 0 Å². The molecule has 136 valence electrons. The van der Waals surface area contributed by atoms with Gasteiger partial charge in [0, 0.05) is 30.9 Å². The highest BCUT2D eigenvalue weighted by atomic mass is 16.5. The number of hydrogen-bond acceptors (Lipinski definition) is 4. The Bertz CT molecular complexity index is 772. The molecule has 2 aliphatic rings. The maximum Gasteiger partial charge on any atom is 0.254 e. The van der Waals surface area contributed by atoms with Crippen LogP contribution in [0.1, 0.15) is 40.5 Å². The summed E-state index contributed by atoms with van der Waals surface area (Å²) in [6.07, 6.45) is 2.03. The standard InChI is InChI=1S/C21H25N3O2/c1-16-18(9-10-20(22-16)23-12-14-26-15-13-23)19-8-5-11-24(19)21(25)17-6-3-2-4-7-17/h2-4,6-7,9-10,19H,5,8,11-15H2,1H3/t19-/m0/s1. The Balaban J connectivity index is 1.57. The lowest BCUT2D eigenvalue weighted by atomic mass is 10.0. The minimum absolute atomic E-state index is 0.116. The molecule has 0 N–H and O–H groups in total. The number of carbonyl (C=O) groups excluding carboxylic acids is 1. The SMILES string of the molecule is Cc1nc(N2CCOCC2)ccc1[C@@H]1CCCN1C(=O)c1ccccc1. The Morgan fingerprint density at radius 2 is 1.85 bits per heavy atom. The van der Waals surface area contributed by atoms with Gasteiger partial charge in [-0.3, -0.25) is 4.79 Å². The maximum absolute atomic E-state index is 12.9. The molecule has 5 nitrogen and oxygen atoms in total. The first kappa shape index (κ1) is 17.0. The average Bonchev–Trinajstić information content (AvgIpc) is 3.18. The van der Waals surface area contributed by atoms with Crippen LogP contribution in [0.5, 0.6) is 0 Å². The molecule has 2 saturated heterocycles. The van der Waals surface area contributed by atoms with Crippen molar-refractivity contribution in [3.8, 4) is 0 Å². The zero-order valence-electron chi connectivity index (χ0n) is 15.2. The molecule has 0 spiro atoms. The lowest BCUT2D eigenvalue weighted by molar-refractivity contribution is 0.0735. The van der Waals surface area contributed by atoms with Crippen molar-refractivity contribution >= 4 is 11.7 Å². The van der Waals surface area contributed by atoms with Gasteiger partial charge in [-0.25, -0.2) is 4.98 Å². The molecule has 1 amide bonds. The molecule has 0 radical (unpaired) electrons. The number of pyridine rings is 1. The number of hydrogen-bond donors (Lipinski definition) is 0. The summed E-state index contributed by atoms with van der Waals surface area (Å²) in [5, 5.41) is 0. The van der Waals surface area contributed by atoms with Gasteiger partial charge in [0.05, 0.1) is 19.3 Å². The number of nitrogens with zero attached hydrogens (tertiary/aromatic N) is 3. The van der Waals surface area contributed by atoms with Crippen LogP contribution in [0.2, 0.25) is 0 Å². The summed E-state index contributed by atoms with van der Waals surface area (Å²) in [5.74, 6) is 1.12. The van der Waals surface area contributed by atoms with Crippen LogP contribution in [0.3, 0.4) is 0 Å². The van der Waals surface area contributed by atoms with Crippen LogP contribution in [-0.2, 0) is 4.74 Å². The van der Waals surface area contributed by atoms with E-state index in [9.17, 15) is 4.79 Å². The number of morpholine rings is 1. The van der Waals surface area contributed by atoms with E-state index in [0.29, 0.717) is 0 Å². The summed E-state index contributed by atoms with van der Waals surface area (Å²) in [5.41, 5.74) is 2.95. The molecule has 0 bridgehead atoms. The van der Waals surface area contributed by atoms with Crippen molar-refractivity contribution in [2.45, 2.75) is 25.8 Å². The van der Waals surface area contributed by atoms with E-state index in [0.717, 1.165) is 62.8 Å². The van der Waals surface area contributed by atoms with Gasteiger partial charge in [0.1, 0.15) is 5.82 Å². The summed E-state index contributed by atoms with van der Waals surface area (Å²) in [4.78, 5) is 22.1. The zero-order valence-corrected chi connectivity index (χ0v) is 15.2. The number of likely N-dealkylation sites (tertiary alicyclic amines) is 1. The number of rotatable bonds is 3. The number of ether oxygens (including phenoxy) is 1. The van der Waals surface area contributed by atoms with Crippen LogP contribution < -0.4 is 4.90 Å². The van der Waals surface area contributed by atoms with Gasteiger partial charge in [0.2, 0.25) is 0 Å². The van der Waals surface area contributed by atoms with E-state index in [1.807, 2.05) is 35.2 Å². The predicted octanol–water partition coefficient (Wildman–Crippen LogP) is 3.20. The molecule has 0 unspecified atom stereocenters. The predicted molar refractivity (Wildman–Crippen MR) is 101 cm³/mol. The molecule has 0 saturated carbocycles. The van der Waals surface area contributed by atoms with Crippen molar-refractivity contribution in [1.29, 1.82) is 0 Å². The normalized spacial score (nSPS) is 20.4. The molecule has 0 aliphatic carbocycles. The number of aromatic nitrogens is 1. The Hall–Kier alpha value is -2.40. The van der Waals surface area contributed by atoms with E-state index in [2.05, 4.69) is 24.0 Å². The maximum atomic E-state index is 12.9. The molecular weight excluding hydrogens is 326 g/mol. The molecular formula is C21H25N3O2. The first-order chi connectivity index (χ1) is 12.7. The van der Waals surface area contributed by atoms with Crippen LogP contribution >= 0.6 is 0 Å². The minimum atomic E-state index is 0.116. The fourth-order valence-corrected chi connectivity index (χ4v) is 3.96. The first-order valence-electron chi connectivity index (χ1n) is 9.40. The second-order valence-electron chi connectivity index (χ2n) is 6.97. The van der Waals surface area contributed by atoms with E-state index in [-0.39, 0.29) is 11.9 Å². The summed E-state index contributed by atoms with van der Waals surface area (Å²) >= 11 is 0. The van der Waals surface area contributed by atoms with Gasteiger partial charge in [-0.1, -0.05) is 24.3 Å². The number of benzene rings is 1. The van der Waals surface area contributed by atoms with Gasteiger partial charge in [-0.05, 0) is 43.5 Å². The molecule has 1 aromatic carbocycles. The summed E-state index contributed by atoms with van der Waals surface area (Å²) in [6.45, 7) is 6.14. The zero-order chi connectivity index (χ0) is 17.9. The van der Waals surface area contributed by atoms with Crippen molar-refractivity contribution in [3.05, 3.63) is 59.3 Å². The molecule has 2 fully saturated rings. The molecule has 2 aliphatic heterocycles. The van der Waals surface area contributed by atoms with E-state index in [1.165, 1.54) is 5.56 Å². The van der Waals surface area contributed by atoms with Crippen LogP contribution in [-0.4, -0.2) is 48.6 Å². The van der Waals surface area contributed by atoms with Gasteiger partial charge in [0.25, 0.3) is 5.91 Å². The third-order valence-corrected chi connectivity index (χ3v) is 5.34. The van der Waals surface area contributed by atoms with E-state index in [4.69, 9.17) is 9.72 Å². The summed E-state index contributed by atoms with van der Waals surface area (Å²) in [7, 11) is 0. The lowest BCUT2D eigenvalue weighted by Gasteiger charge is -2.30. The van der Waals surface area contributed by atoms with Gasteiger partial charge < -0.3 is 14.5 Å². The number of anilines is 1. The second kappa shape index (κ2) is 7.46.